The smallest absolute Gasteiger partial charge is 0.337 e. The minimum absolute atomic E-state index is 0.280. The molecule has 0 aliphatic carbocycles. The van der Waals surface area contributed by atoms with Crippen LogP contribution in [0.25, 0.3) is 0 Å². The maximum Gasteiger partial charge on any atom is 0.337 e. The standard InChI is InChI=1S/C15H14BrNO2/c1-9-3-5-14(12(7-9)15(18)19)17-13-6-4-11(16)8-10(13)2/h3-8,17H,1-2H3,(H,18,19). The van der Waals surface area contributed by atoms with Gasteiger partial charge >= 0.3 is 5.97 Å². The molecule has 0 spiro atoms. The van der Waals surface area contributed by atoms with Crippen LogP contribution in [0.5, 0.6) is 0 Å². The summed E-state index contributed by atoms with van der Waals surface area (Å²) in [4.78, 5) is 11.3. The van der Waals surface area contributed by atoms with Gasteiger partial charge in [0.15, 0.2) is 0 Å². The van der Waals surface area contributed by atoms with Crippen molar-refractivity contribution in [2.75, 3.05) is 5.32 Å². The van der Waals surface area contributed by atoms with Gasteiger partial charge in [-0.3, -0.25) is 0 Å². The number of carbonyl (C=O) groups is 1. The summed E-state index contributed by atoms with van der Waals surface area (Å²) >= 11 is 3.41. The lowest BCUT2D eigenvalue weighted by Gasteiger charge is -2.12. The normalized spacial score (nSPS) is 10.3. The van der Waals surface area contributed by atoms with Crippen LogP contribution in [0.15, 0.2) is 40.9 Å². The van der Waals surface area contributed by atoms with Crippen LogP contribution in [-0.2, 0) is 0 Å². The van der Waals surface area contributed by atoms with Crippen LogP contribution in [0.4, 0.5) is 11.4 Å². The monoisotopic (exact) mass is 319 g/mol. The van der Waals surface area contributed by atoms with Gasteiger partial charge in [-0.2, -0.15) is 0 Å². The minimum Gasteiger partial charge on any atom is -0.478 e. The highest BCUT2D eigenvalue weighted by atomic mass is 79.9. The van der Waals surface area contributed by atoms with Gasteiger partial charge in [0.05, 0.1) is 11.3 Å². The number of hydrogen-bond acceptors (Lipinski definition) is 2. The number of carboxylic acids is 1. The van der Waals surface area contributed by atoms with Crippen molar-refractivity contribution in [3.8, 4) is 0 Å². The zero-order chi connectivity index (χ0) is 14.0. The van der Waals surface area contributed by atoms with Crippen LogP contribution in [0, 0.1) is 13.8 Å². The highest BCUT2D eigenvalue weighted by molar-refractivity contribution is 9.10. The fraction of sp³-hybridized carbons (Fsp3) is 0.133. The fourth-order valence-electron chi connectivity index (χ4n) is 1.86. The van der Waals surface area contributed by atoms with Crippen molar-refractivity contribution < 1.29 is 9.90 Å². The molecule has 0 saturated heterocycles. The van der Waals surface area contributed by atoms with Crippen molar-refractivity contribution in [2.24, 2.45) is 0 Å². The molecule has 0 unspecified atom stereocenters. The molecular weight excluding hydrogens is 306 g/mol. The van der Waals surface area contributed by atoms with Crippen LogP contribution in [0.1, 0.15) is 21.5 Å². The van der Waals surface area contributed by atoms with Crippen LogP contribution in [-0.4, -0.2) is 11.1 Å². The second-order valence-electron chi connectivity index (χ2n) is 4.44. The molecule has 98 valence electrons. The number of benzene rings is 2. The van der Waals surface area contributed by atoms with Gasteiger partial charge in [0.2, 0.25) is 0 Å². The summed E-state index contributed by atoms with van der Waals surface area (Å²) in [5.41, 5.74) is 3.75. The van der Waals surface area contributed by atoms with E-state index in [1.54, 1.807) is 12.1 Å². The largest absolute Gasteiger partial charge is 0.478 e. The average Bonchev–Trinajstić information content (AvgIpc) is 2.34. The van der Waals surface area contributed by atoms with Gasteiger partial charge in [0.25, 0.3) is 0 Å². The van der Waals surface area contributed by atoms with E-state index < -0.39 is 5.97 Å². The van der Waals surface area contributed by atoms with Crippen LogP contribution < -0.4 is 5.32 Å². The molecule has 0 aromatic heterocycles. The average molecular weight is 320 g/mol. The molecule has 4 heteroatoms. The molecule has 0 radical (unpaired) electrons. The summed E-state index contributed by atoms with van der Waals surface area (Å²) < 4.78 is 0.998. The van der Waals surface area contributed by atoms with Crippen molar-refractivity contribution >= 4 is 33.3 Å². The SMILES string of the molecule is Cc1ccc(Nc2ccc(Br)cc2C)c(C(=O)O)c1. The van der Waals surface area contributed by atoms with E-state index in [9.17, 15) is 9.90 Å². The number of hydrogen-bond donors (Lipinski definition) is 2. The highest BCUT2D eigenvalue weighted by Gasteiger charge is 2.11. The first-order valence-electron chi connectivity index (χ1n) is 5.84. The van der Waals surface area contributed by atoms with E-state index in [2.05, 4.69) is 21.2 Å². The molecule has 0 heterocycles. The third-order valence-electron chi connectivity index (χ3n) is 2.86. The first kappa shape index (κ1) is 13.6. The van der Waals surface area contributed by atoms with Gasteiger partial charge < -0.3 is 10.4 Å². The van der Waals surface area contributed by atoms with Crippen molar-refractivity contribution in [3.05, 3.63) is 57.6 Å². The van der Waals surface area contributed by atoms with E-state index in [-0.39, 0.29) is 5.56 Å². The van der Waals surface area contributed by atoms with Gasteiger partial charge in [-0.1, -0.05) is 27.6 Å². The van der Waals surface area contributed by atoms with Gasteiger partial charge in [0.1, 0.15) is 0 Å². The Balaban J connectivity index is 2.40. The lowest BCUT2D eigenvalue weighted by atomic mass is 10.1. The molecule has 0 amide bonds. The summed E-state index contributed by atoms with van der Waals surface area (Å²) in [7, 11) is 0. The summed E-state index contributed by atoms with van der Waals surface area (Å²) in [6, 6.07) is 11.2. The van der Waals surface area contributed by atoms with Crippen molar-refractivity contribution in [2.45, 2.75) is 13.8 Å². The molecule has 0 aliphatic rings. The van der Waals surface area contributed by atoms with E-state index in [4.69, 9.17) is 0 Å². The van der Waals surface area contributed by atoms with Crippen LogP contribution >= 0.6 is 15.9 Å². The number of carboxylic acid groups (broad SMARTS) is 1. The molecular formula is C15H14BrNO2. The zero-order valence-corrected chi connectivity index (χ0v) is 12.3. The number of halogens is 1. The van der Waals surface area contributed by atoms with Gasteiger partial charge in [-0.25, -0.2) is 4.79 Å². The third kappa shape index (κ3) is 3.15. The lowest BCUT2D eigenvalue weighted by Crippen LogP contribution is -2.03. The van der Waals surface area contributed by atoms with E-state index in [0.29, 0.717) is 5.69 Å². The second kappa shape index (κ2) is 5.45. The van der Waals surface area contributed by atoms with E-state index in [0.717, 1.165) is 21.3 Å². The number of nitrogens with one attached hydrogen (secondary N) is 1. The van der Waals surface area contributed by atoms with Crippen LogP contribution in [0.2, 0.25) is 0 Å². The first-order valence-corrected chi connectivity index (χ1v) is 6.64. The van der Waals surface area contributed by atoms with Gasteiger partial charge in [-0.05, 0) is 49.7 Å². The third-order valence-corrected chi connectivity index (χ3v) is 3.36. The molecule has 0 atom stereocenters. The molecule has 3 nitrogen and oxygen atoms in total. The zero-order valence-electron chi connectivity index (χ0n) is 10.7. The molecule has 19 heavy (non-hydrogen) atoms. The summed E-state index contributed by atoms with van der Waals surface area (Å²) in [6.07, 6.45) is 0. The molecule has 2 N–H and O–H groups in total. The van der Waals surface area contributed by atoms with Crippen LogP contribution in [0.3, 0.4) is 0 Å². The molecule has 2 aromatic rings. The maximum absolute atomic E-state index is 11.3. The molecule has 2 rings (SSSR count). The Morgan fingerprint density at radius 2 is 1.79 bits per heavy atom. The Bertz CT molecular complexity index is 638. The molecule has 0 saturated carbocycles. The van der Waals surface area contributed by atoms with Crippen molar-refractivity contribution in [3.63, 3.8) is 0 Å². The van der Waals surface area contributed by atoms with Crippen molar-refractivity contribution in [1.82, 2.24) is 0 Å². The summed E-state index contributed by atoms with van der Waals surface area (Å²) in [6.45, 7) is 3.85. The Morgan fingerprint density at radius 3 is 2.42 bits per heavy atom. The highest BCUT2D eigenvalue weighted by Crippen LogP contribution is 2.26. The summed E-state index contributed by atoms with van der Waals surface area (Å²) in [5, 5.41) is 12.4. The Labute approximate surface area is 120 Å². The van der Waals surface area contributed by atoms with Gasteiger partial charge in [0, 0.05) is 10.2 Å². The molecule has 0 aliphatic heterocycles. The first-order chi connectivity index (χ1) is 8.97. The Morgan fingerprint density at radius 1 is 1.11 bits per heavy atom. The van der Waals surface area contributed by atoms with Gasteiger partial charge in [-0.15, -0.1) is 0 Å². The lowest BCUT2D eigenvalue weighted by molar-refractivity contribution is 0.0698. The maximum atomic E-state index is 11.3. The number of rotatable bonds is 3. The Hall–Kier alpha value is -1.81. The number of aromatic carboxylic acids is 1. The quantitative estimate of drug-likeness (QED) is 0.875. The molecule has 0 fully saturated rings. The minimum atomic E-state index is -0.930. The second-order valence-corrected chi connectivity index (χ2v) is 5.35. The van der Waals surface area contributed by atoms with E-state index >= 15 is 0 Å². The van der Waals surface area contributed by atoms with E-state index in [1.807, 2.05) is 38.1 Å². The van der Waals surface area contributed by atoms with E-state index in [1.165, 1.54) is 0 Å². The predicted octanol–water partition coefficient (Wildman–Crippen LogP) is 4.51. The molecule has 0 bridgehead atoms. The number of aryl methyl sites for hydroxylation is 2. The number of anilines is 2. The summed E-state index contributed by atoms with van der Waals surface area (Å²) in [5.74, 6) is -0.930. The topological polar surface area (TPSA) is 49.3 Å². The Kier molecular flexibility index (Phi) is 3.90. The molecule has 2 aromatic carbocycles. The van der Waals surface area contributed by atoms with Crippen molar-refractivity contribution in [1.29, 1.82) is 0 Å². The predicted molar refractivity (Wildman–Crippen MR) is 80.3 cm³/mol. The fourth-order valence-corrected chi connectivity index (χ4v) is 2.33.